The summed E-state index contributed by atoms with van der Waals surface area (Å²) >= 11 is 0. The van der Waals surface area contributed by atoms with Crippen LogP contribution in [-0.2, 0) is 19.3 Å². The molecule has 6 nitrogen and oxygen atoms in total. The smallest absolute Gasteiger partial charge is 0.399 e. The minimum absolute atomic E-state index is 0.0840. The molecule has 2 aromatic heterocycles. The van der Waals surface area contributed by atoms with Crippen molar-refractivity contribution in [2.75, 3.05) is 11.1 Å². The molecule has 148 valence electrons. The number of imidazole rings is 1. The van der Waals surface area contributed by atoms with Gasteiger partial charge in [-0.05, 0) is 44.0 Å². The molecule has 0 saturated carbocycles. The zero-order valence-corrected chi connectivity index (χ0v) is 15.8. The lowest BCUT2D eigenvalue weighted by Crippen LogP contribution is -2.16. The number of benzene rings is 1. The Bertz CT molecular complexity index is 1070. The minimum Gasteiger partial charge on any atom is -0.399 e. The van der Waals surface area contributed by atoms with E-state index in [1.54, 1.807) is 19.2 Å². The summed E-state index contributed by atoms with van der Waals surface area (Å²) in [6.07, 6.45) is -2.70. The van der Waals surface area contributed by atoms with Gasteiger partial charge in [0.25, 0.3) is 0 Å². The molecule has 4 rings (SSSR count). The van der Waals surface area contributed by atoms with E-state index in [1.165, 1.54) is 6.92 Å². The van der Waals surface area contributed by atoms with Crippen LogP contribution in [0.15, 0.2) is 18.3 Å². The number of nitrogen functional groups attached to an aromatic ring is 1. The first-order valence-corrected chi connectivity index (χ1v) is 8.97. The van der Waals surface area contributed by atoms with Crippen LogP contribution in [0.3, 0.4) is 0 Å². The van der Waals surface area contributed by atoms with Crippen LogP contribution in [0.25, 0.3) is 5.78 Å². The highest BCUT2D eigenvalue weighted by Gasteiger charge is 2.34. The summed E-state index contributed by atoms with van der Waals surface area (Å²) in [4.78, 5) is 8.93. The molecule has 1 aliphatic rings. The van der Waals surface area contributed by atoms with Crippen LogP contribution in [0.1, 0.15) is 46.6 Å². The molecule has 0 saturated heterocycles. The Morgan fingerprint density at radius 3 is 2.71 bits per heavy atom. The van der Waals surface area contributed by atoms with Crippen LogP contribution < -0.4 is 16.4 Å². The van der Waals surface area contributed by atoms with E-state index < -0.39 is 17.8 Å². The number of hydrogen-bond acceptors (Lipinski definition) is 5. The second-order valence-corrected chi connectivity index (χ2v) is 7.17. The van der Waals surface area contributed by atoms with Crippen molar-refractivity contribution in [3.05, 3.63) is 52.0 Å². The summed E-state index contributed by atoms with van der Waals surface area (Å²) in [6.45, 7) is 6.55. The number of rotatable bonds is 3. The van der Waals surface area contributed by atoms with Crippen LogP contribution in [-0.4, -0.2) is 14.4 Å². The maximum absolute atomic E-state index is 13.3. The van der Waals surface area contributed by atoms with E-state index in [-0.39, 0.29) is 11.3 Å². The van der Waals surface area contributed by atoms with Gasteiger partial charge >= 0.3 is 6.18 Å². The predicted molar refractivity (Wildman–Crippen MR) is 101 cm³/mol. The molecule has 1 atom stereocenters. The van der Waals surface area contributed by atoms with Gasteiger partial charge in [-0.3, -0.25) is 4.40 Å². The number of hydrogen-bond donors (Lipinski definition) is 3. The van der Waals surface area contributed by atoms with Gasteiger partial charge in [0.15, 0.2) is 0 Å². The number of aromatic nitrogens is 3. The number of fused-ring (bicyclic) bond motifs is 3. The van der Waals surface area contributed by atoms with Gasteiger partial charge in [0.05, 0.1) is 17.8 Å². The van der Waals surface area contributed by atoms with Crippen molar-refractivity contribution in [2.45, 2.75) is 46.1 Å². The number of halogens is 3. The minimum atomic E-state index is -4.45. The Morgan fingerprint density at radius 1 is 1.25 bits per heavy atom. The van der Waals surface area contributed by atoms with E-state index in [0.717, 1.165) is 23.0 Å². The third-order valence-corrected chi connectivity index (χ3v) is 5.23. The van der Waals surface area contributed by atoms with Gasteiger partial charge in [-0.25, -0.2) is 4.98 Å². The second-order valence-electron chi connectivity index (χ2n) is 7.17. The van der Waals surface area contributed by atoms with Crippen LogP contribution in [0.5, 0.6) is 0 Å². The standard InChI is InChI=1S/C19H21F3N6/c1-9-6-25-18-27-17(14-7-24-8-16(14)28(9)18)26-11(3)13-4-12(23)5-15(10(13)2)19(20,21)22/h4-6,11,24H,7-8,23H2,1-3H3,(H,25,26,27)/t11-/m1/s1. The number of nitrogens with one attached hydrogen (secondary N) is 2. The maximum atomic E-state index is 13.3. The third-order valence-electron chi connectivity index (χ3n) is 5.23. The van der Waals surface area contributed by atoms with Gasteiger partial charge in [-0.15, -0.1) is 0 Å². The van der Waals surface area contributed by atoms with E-state index in [0.29, 0.717) is 30.2 Å². The van der Waals surface area contributed by atoms with Gasteiger partial charge in [-0.1, -0.05) is 0 Å². The number of aryl methyl sites for hydroxylation is 1. The highest BCUT2D eigenvalue weighted by atomic mass is 19.4. The Balaban J connectivity index is 1.76. The molecule has 1 aliphatic heterocycles. The first-order chi connectivity index (χ1) is 13.2. The lowest BCUT2D eigenvalue weighted by molar-refractivity contribution is -0.138. The first kappa shape index (κ1) is 18.5. The van der Waals surface area contributed by atoms with E-state index >= 15 is 0 Å². The fourth-order valence-corrected chi connectivity index (χ4v) is 3.86. The molecule has 0 spiro atoms. The maximum Gasteiger partial charge on any atom is 0.416 e. The molecule has 0 amide bonds. The summed E-state index contributed by atoms with van der Waals surface area (Å²) in [5.74, 6) is 1.19. The molecule has 9 heteroatoms. The molecule has 0 unspecified atom stereocenters. The molecular weight excluding hydrogens is 369 g/mol. The van der Waals surface area contributed by atoms with Gasteiger partial charge in [-0.2, -0.15) is 18.2 Å². The van der Waals surface area contributed by atoms with Gasteiger partial charge in [0.2, 0.25) is 5.78 Å². The average molecular weight is 390 g/mol. The van der Waals surface area contributed by atoms with Crippen molar-refractivity contribution in [3.8, 4) is 0 Å². The Hall–Kier alpha value is -2.81. The van der Waals surface area contributed by atoms with E-state index in [9.17, 15) is 13.2 Å². The van der Waals surface area contributed by atoms with Gasteiger partial charge in [0.1, 0.15) is 5.82 Å². The molecule has 1 aromatic carbocycles. The summed E-state index contributed by atoms with van der Waals surface area (Å²) in [6, 6.07) is 2.14. The zero-order chi connectivity index (χ0) is 20.2. The van der Waals surface area contributed by atoms with Crippen molar-refractivity contribution in [1.29, 1.82) is 0 Å². The largest absolute Gasteiger partial charge is 0.416 e. The molecule has 0 aliphatic carbocycles. The molecule has 28 heavy (non-hydrogen) atoms. The summed E-state index contributed by atoms with van der Waals surface area (Å²) in [5.41, 5.74) is 8.84. The monoisotopic (exact) mass is 390 g/mol. The Morgan fingerprint density at radius 2 is 2.00 bits per heavy atom. The fourth-order valence-electron chi connectivity index (χ4n) is 3.86. The van der Waals surface area contributed by atoms with Crippen LogP contribution in [0.2, 0.25) is 0 Å². The lowest BCUT2D eigenvalue weighted by Gasteiger charge is -2.22. The molecule has 0 fully saturated rings. The third kappa shape index (κ3) is 2.95. The zero-order valence-electron chi connectivity index (χ0n) is 15.8. The van der Waals surface area contributed by atoms with Crippen molar-refractivity contribution < 1.29 is 13.2 Å². The number of anilines is 2. The van der Waals surface area contributed by atoms with E-state index in [2.05, 4.69) is 20.6 Å². The molecule has 3 heterocycles. The molecule has 4 N–H and O–H groups in total. The van der Waals surface area contributed by atoms with Crippen LogP contribution in [0, 0.1) is 13.8 Å². The summed E-state index contributed by atoms with van der Waals surface area (Å²) < 4.78 is 42.0. The highest BCUT2D eigenvalue weighted by molar-refractivity contribution is 5.58. The molecule has 0 radical (unpaired) electrons. The summed E-state index contributed by atoms with van der Waals surface area (Å²) in [7, 11) is 0. The topological polar surface area (TPSA) is 80.3 Å². The number of nitrogens with two attached hydrogens (primary N) is 1. The first-order valence-electron chi connectivity index (χ1n) is 8.97. The molecule has 3 aromatic rings. The van der Waals surface area contributed by atoms with Crippen molar-refractivity contribution in [1.82, 2.24) is 19.7 Å². The Kier molecular flexibility index (Phi) is 4.22. The quantitative estimate of drug-likeness (QED) is 0.594. The second kappa shape index (κ2) is 6.37. The normalized spacial score (nSPS) is 15.1. The predicted octanol–water partition coefficient (Wildman–Crippen LogP) is 3.72. The fraction of sp³-hybridized carbons (Fsp3) is 0.368. The van der Waals surface area contributed by atoms with Gasteiger partial charge < -0.3 is 16.4 Å². The summed E-state index contributed by atoms with van der Waals surface area (Å²) in [5, 5.41) is 6.58. The van der Waals surface area contributed by atoms with Crippen LogP contribution >= 0.6 is 0 Å². The average Bonchev–Trinajstić information content (AvgIpc) is 3.22. The lowest BCUT2D eigenvalue weighted by atomic mass is 9.96. The van der Waals surface area contributed by atoms with E-state index in [1.807, 2.05) is 11.3 Å². The van der Waals surface area contributed by atoms with Gasteiger partial charge in [0, 0.05) is 35.7 Å². The number of nitrogens with zero attached hydrogens (tertiary/aromatic N) is 3. The molecule has 0 bridgehead atoms. The Labute approximate surface area is 160 Å². The van der Waals surface area contributed by atoms with Crippen LogP contribution in [0.4, 0.5) is 24.7 Å². The SMILES string of the molecule is Cc1c([C@@H](C)Nc2nc3ncc(C)n3c3c2CNC3)cc(N)cc1C(F)(F)F. The highest BCUT2D eigenvalue weighted by Crippen LogP contribution is 2.37. The molecular formula is C19H21F3N6. The van der Waals surface area contributed by atoms with Crippen molar-refractivity contribution in [3.63, 3.8) is 0 Å². The van der Waals surface area contributed by atoms with Crippen molar-refractivity contribution in [2.24, 2.45) is 0 Å². The number of alkyl halides is 3. The van der Waals surface area contributed by atoms with Crippen molar-refractivity contribution >= 4 is 17.3 Å². The van der Waals surface area contributed by atoms with E-state index in [4.69, 9.17) is 5.73 Å².